The number of carboxylic acids is 1. The summed E-state index contributed by atoms with van der Waals surface area (Å²) in [5.41, 5.74) is 3.53. The lowest BCUT2D eigenvalue weighted by Crippen LogP contribution is -2.63. The molecular weight excluding hydrogens is 504 g/mol. The molecule has 8 aliphatic rings. The molecule has 0 aromatic heterocycles. The van der Waals surface area contributed by atoms with Crippen molar-refractivity contribution in [1.29, 1.82) is 0 Å². The van der Waals surface area contributed by atoms with Gasteiger partial charge < -0.3 is 24.1 Å². The van der Waals surface area contributed by atoms with Gasteiger partial charge in [-0.1, -0.05) is 31.2 Å². The Morgan fingerprint density at radius 2 is 1.45 bits per heavy atom. The fourth-order valence-corrected chi connectivity index (χ4v) is 8.90. The van der Waals surface area contributed by atoms with E-state index in [0.717, 1.165) is 65.9 Å². The minimum atomic E-state index is -1.20. The third-order valence-electron chi connectivity index (χ3n) is 10.5. The van der Waals surface area contributed by atoms with Gasteiger partial charge in [0.1, 0.15) is 17.1 Å². The van der Waals surface area contributed by atoms with E-state index in [0.29, 0.717) is 26.1 Å². The van der Waals surface area contributed by atoms with E-state index >= 15 is 0 Å². The molecule has 10 rings (SSSR count). The minimum Gasteiger partial charge on any atom is -0.494 e. The monoisotopic (exact) mass is 538 g/mol. The van der Waals surface area contributed by atoms with Gasteiger partial charge in [0.25, 0.3) is 0 Å². The van der Waals surface area contributed by atoms with Gasteiger partial charge in [-0.15, -0.1) is 0 Å². The molecule has 2 aromatic rings. The first-order valence-corrected chi connectivity index (χ1v) is 14.7. The number of hydrogen-bond donors (Lipinski definition) is 1. The van der Waals surface area contributed by atoms with E-state index in [1.807, 2.05) is 31.2 Å². The zero-order valence-corrected chi connectivity index (χ0v) is 22.8. The van der Waals surface area contributed by atoms with Crippen molar-refractivity contribution in [2.24, 2.45) is 11.3 Å². The van der Waals surface area contributed by atoms with Crippen LogP contribution in [0, 0.1) is 18.3 Å². The molecule has 6 unspecified atom stereocenters. The van der Waals surface area contributed by atoms with Crippen LogP contribution >= 0.6 is 0 Å². The standard InChI is InChI=1S/C34H34O6/c1-32(2,33-16-15-27(39-33)29-20-7-11-22(12-8-20)37-17-3-5-24(29)33)34-25-6-4-18-38-23-13-9-21(10-14-23)30(25)28(40-34)19-26(34)31(35)36/h1,7-14,26-28H,3-6,15-19H2,2H3,(H,35,36). The van der Waals surface area contributed by atoms with Gasteiger partial charge >= 0.3 is 5.97 Å². The fraction of sp³-hybridized carbons (Fsp3) is 0.471. The molecule has 0 aliphatic carbocycles. The van der Waals surface area contributed by atoms with E-state index in [-0.39, 0.29) is 12.2 Å². The Labute approximate surface area is 235 Å². The summed E-state index contributed by atoms with van der Waals surface area (Å²) >= 11 is 0. The summed E-state index contributed by atoms with van der Waals surface area (Å²) in [4.78, 5) is 13.0. The van der Waals surface area contributed by atoms with Crippen molar-refractivity contribution in [2.75, 3.05) is 13.2 Å². The van der Waals surface area contributed by atoms with Crippen LogP contribution in [0.5, 0.6) is 11.5 Å². The second kappa shape index (κ2) is 8.46. The van der Waals surface area contributed by atoms with Gasteiger partial charge in [0.15, 0.2) is 0 Å². The average molecular weight is 539 g/mol. The van der Waals surface area contributed by atoms with Gasteiger partial charge in [0.05, 0.1) is 36.9 Å². The van der Waals surface area contributed by atoms with Crippen LogP contribution in [0.1, 0.15) is 63.0 Å². The zero-order chi connectivity index (χ0) is 27.3. The number of benzene rings is 2. The van der Waals surface area contributed by atoms with Crippen molar-refractivity contribution in [3.63, 3.8) is 0 Å². The van der Waals surface area contributed by atoms with Crippen LogP contribution in [0.15, 0.2) is 59.7 Å². The lowest BCUT2D eigenvalue weighted by molar-refractivity contribution is -0.174. The third kappa shape index (κ3) is 3.04. The molecule has 0 saturated carbocycles. The number of fused-ring (bicyclic) bond motifs is 14. The van der Waals surface area contributed by atoms with Gasteiger partial charge in [-0.05, 0) is 110 Å². The number of hydrogen-bond acceptors (Lipinski definition) is 5. The van der Waals surface area contributed by atoms with Gasteiger partial charge in [0.2, 0.25) is 0 Å². The minimum absolute atomic E-state index is 0.0687. The number of carbonyl (C=O) groups is 1. The summed E-state index contributed by atoms with van der Waals surface area (Å²) in [7, 11) is 0. The topological polar surface area (TPSA) is 74.2 Å². The maximum atomic E-state index is 13.0. The van der Waals surface area contributed by atoms with Crippen molar-refractivity contribution in [3.8, 4) is 11.5 Å². The Morgan fingerprint density at radius 3 is 2.05 bits per heavy atom. The van der Waals surface area contributed by atoms with Crippen LogP contribution in [0.4, 0.5) is 0 Å². The van der Waals surface area contributed by atoms with E-state index < -0.39 is 28.5 Å². The van der Waals surface area contributed by atoms with E-state index in [9.17, 15) is 9.90 Å². The van der Waals surface area contributed by atoms with Gasteiger partial charge in [-0.3, -0.25) is 4.79 Å². The largest absolute Gasteiger partial charge is 0.494 e. The Balaban J connectivity index is 1.34. The van der Waals surface area contributed by atoms with Gasteiger partial charge in [0, 0.05) is 5.41 Å². The number of aliphatic carboxylic acids is 1. The highest BCUT2D eigenvalue weighted by molar-refractivity contribution is 5.85. The predicted octanol–water partition coefficient (Wildman–Crippen LogP) is 6.13. The van der Waals surface area contributed by atoms with E-state index in [1.165, 1.54) is 11.1 Å². The quantitative estimate of drug-likeness (QED) is 0.507. The zero-order valence-electron chi connectivity index (χ0n) is 22.8. The fourth-order valence-electron chi connectivity index (χ4n) is 8.90. The number of carboxylic acid groups (broad SMARTS) is 1. The second-order valence-electron chi connectivity index (χ2n) is 12.4. The van der Waals surface area contributed by atoms with Crippen LogP contribution in [0.3, 0.4) is 0 Å². The second-order valence-corrected chi connectivity index (χ2v) is 12.4. The molecule has 8 bridgehead atoms. The Kier molecular flexibility index (Phi) is 5.22. The smallest absolute Gasteiger partial charge is 0.309 e. The highest BCUT2D eigenvalue weighted by Crippen LogP contribution is 2.70. The molecule has 2 saturated heterocycles. The highest BCUT2D eigenvalue weighted by Gasteiger charge is 2.75. The Morgan fingerprint density at radius 1 is 0.875 bits per heavy atom. The number of ether oxygens (including phenoxy) is 4. The van der Waals surface area contributed by atoms with Crippen molar-refractivity contribution in [2.45, 2.75) is 75.3 Å². The molecule has 6 nitrogen and oxygen atoms in total. The van der Waals surface area contributed by atoms with E-state index in [1.54, 1.807) is 0 Å². The molecule has 6 heteroatoms. The maximum Gasteiger partial charge on any atom is 0.309 e. The molecule has 2 aromatic carbocycles. The first-order valence-electron chi connectivity index (χ1n) is 14.7. The lowest BCUT2D eigenvalue weighted by Gasteiger charge is -2.55. The SMILES string of the molecule is [CH]C(C)(C12CCC(O1)C1=C2CCCOc2ccc1cc2)C12OC(CC1C(=O)O)C1=C2CCCOc2ccc1cc2. The molecule has 40 heavy (non-hydrogen) atoms. The summed E-state index contributed by atoms with van der Waals surface area (Å²) in [5, 5.41) is 10.7. The molecular formula is C34H34O6. The van der Waals surface area contributed by atoms with Crippen LogP contribution in [-0.2, 0) is 14.3 Å². The molecule has 1 N–H and O–H groups in total. The molecule has 6 atom stereocenters. The van der Waals surface area contributed by atoms with Crippen LogP contribution in [0.2, 0.25) is 0 Å². The summed E-state index contributed by atoms with van der Waals surface area (Å²) in [5.74, 6) is 0.101. The van der Waals surface area contributed by atoms with Crippen molar-refractivity contribution < 1.29 is 28.8 Å². The van der Waals surface area contributed by atoms with E-state index in [2.05, 4.69) is 24.3 Å². The summed E-state index contributed by atoms with van der Waals surface area (Å²) in [6, 6.07) is 16.4. The summed E-state index contributed by atoms with van der Waals surface area (Å²) in [6.07, 6.45) is 4.65. The Hall–Kier alpha value is -3.09. The summed E-state index contributed by atoms with van der Waals surface area (Å²) < 4.78 is 26.0. The first-order chi connectivity index (χ1) is 19.4. The lowest BCUT2D eigenvalue weighted by atomic mass is 9.51. The van der Waals surface area contributed by atoms with Crippen LogP contribution < -0.4 is 9.47 Å². The summed E-state index contributed by atoms with van der Waals surface area (Å²) in [6.45, 7) is 10.8. The van der Waals surface area contributed by atoms with E-state index in [4.69, 9.17) is 25.9 Å². The van der Waals surface area contributed by atoms with Crippen molar-refractivity contribution >= 4 is 17.1 Å². The molecule has 2 fully saturated rings. The van der Waals surface area contributed by atoms with Crippen molar-refractivity contribution in [1.82, 2.24) is 0 Å². The normalized spacial score (nSPS) is 34.0. The van der Waals surface area contributed by atoms with Crippen LogP contribution in [-0.4, -0.2) is 47.7 Å². The Bertz CT molecular complexity index is 1450. The molecule has 206 valence electrons. The first kappa shape index (κ1) is 24.7. The average Bonchev–Trinajstić information content (AvgIpc) is 3.74. The van der Waals surface area contributed by atoms with Crippen molar-refractivity contribution in [3.05, 3.63) is 77.7 Å². The molecule has 8 heterocycles. The maximum absolute atomic E-state index is 13.0. The third-order valence-corrected chi connectivity index (χ3v) is 10.5. The predicted molar refractivity (Wildman–Crippen MR) is 149 cm³/mol. The van der Waals surface area contributed by atoms with Crippen LogP contribution in [0.25, 0.3) is 11.1 Å². The highest BCUT2D eigenvalue weighted by atomic mass is 16.5. The molecule has 8 aliphatic heterocycles. The van der Waals surface area contributed by atoms with Gasteiger partial charge in [-0.2, -0.15) is 0 Å². The molecule has 0 spiro atoms. The number of rotatable bonds is 3. The molecule has 2 radical (unpaired) electrons. The van der Waals surface area contributed by atoms with Gasteiger partial charge in [-0.25, -0.2) is 0 Å². The molecule has 0 amide bonds.